The summed E-state index contributed by atoms with van der Waals surface area (Å²) < 4.78 is 4.07. The number of aryl methyl sites for hydroxylation is 1. The van der Waals surface area contributed by atoms with Crippen molar-refractivity contribution in [2.75, 3.05) is 0 Å². The lowest BCUT2D eigenvalue weighted by Gasteiger charge is -2.08. The molecule has 2 heterocycles. The van der Waals surface area contributed by atoms with Crippen LogP contribution in [0.4, 0.5) is 0 Å². The minimum absolute atomic E-state index is 0.399. The summed E-state index contributed by atoms with van der Waals surface area (Å²) in [5, 5.41) is 8.68. The molecule has 72 valence electrons. The molecule has 0 bridgehead atoms. The van der Waals surface area contributed by atoms with Gasteiger partial charge in [0, 0.05) is 20.3 Å². The van der Waals surface area contributed by atoms with E-state index in [0.717, 1.165) is 11.0 Å². The summed E-state index contributed by atoms with van der Waals surface area (Å²) in [6.45, 7) is 0. The summed E-state index contributed by atoms with van der Waals surface area (Å²) in [6.07, 6.45) is 1.70. The Bertz CT molecular complexity index is 608. The zero-order chi connectivity index (χ0) is 10.3. The Hall–Kier alpha value is -1.49. The van der Waals surface area contributed by atoms with Gasteiger partial charge in [-0.3, -0.25) is 5.41 Å². The van der Waals surface area contributed by atoms with Crippen molar-refractivity contribution >= 4 is 23.3 Å². The van der Waals surface area contributed by atoms with Crippen LogP contribution >= 0.6 is 12.2 Å². The van der Waals surface area contributed by atoms with E-state index in [1.54, 1.807) is 17.8 Å². The van der Waals surface area contributed by atoms with E-state index in [-0.39, 0.29) is 0 Å². The second-order valence-corrected chi connectivity index (χ2v) is 3.49. The van der Waals surface area contributed by atoms with E-state index in [1.165, 1.54) is 0 Å². The van der Waals surface area contributed by atoms with E-state index < -0.39 is 0 Å². The summed E-state index contributed by atoms with van der Waals surface area (Å²) >= 11 is 5.18. The van der Waals surface area contributed by atoms with Crippen LogP contribution in [0.2, 0.25) is 0 Å². The molecule has 0 aliphatic rings. The molecule has 0 spiro atoms. The molecule has 0 saturated heterocycles. The van der Waals surface area contributed by atoms with E-state index in [4.69, 9.17) is 17.6 Å². The minimum Gasteiger partial charge on any atom is -0.306 e. The molecule has 0 aliphatic heterocycles. The predicted octanol–water partition coefficient (Wildman–Crippen LogP) is 1.12. The van der Waals surface area contributed by atoms with Gasteiger partial charge in [-0.15, -0.1) is 0 Å². The van der Waals surface area contributed by atoms with Crippen molar-refractivity contribution in [1.82, 2.24) is 14.1 Å². The average molecular weight is 206 g/mol. The van der Waals surface area contributed by atoms with Crippen molar-refractivity contribution < 1.29 is 0 Å². The van der Waals surface area contributed by atoms with Crippen molar-refractivity contribution in [2.45, 2.75) is 0 Å². The first kappa shape index (κ1) is 9.08. The van der Waals surface area contributed by atoms with Crippen molar-refractivity contribution in [3.8, 4) is 0 Å². The third-order valence-electron chi connectivity index (χ3n) is 2.27. The van der Waals surface area contributed by atoms with Gasteiger partial charge < -0.3 is 9.13 Å². The van der Waals surface area contributed by atoms with Crippen LogP contribution in [0.25, 0.3) is 11.0 Å². The van der Waals surface area contributed by atoms with Gasteiger partial charge in [-0.2, -0.15) is 0 Å². The van der Waals surface area contributed by atoms with Crippen LogP contribution in [0.5, 0.6) is 0 Å². The fraction of sp³-hybridized carbons (Fsp3) is 0.222. The fourth-order valence-corrected chi connectivity index (χ4v) is 1.62. The Morgan fingerprint density at radius 3 is 2.79 bits per heavy atom. The van der Waals surface area contributed by atoms with E-state index in [1.807, 2.05) is 23.7 Å². The summed E-state index contributed by atoms with van der Waals surface area (Å²) in [4.78, 5) is 4.21. The van der Waals surface area contributed by atoms with Crippen LogP contribution in [-0.2, 0) is 14.1 Å². The summed E-state index contributed by atoms with van der Waals surface area (Å²) in [5.74, 6) is 0. The molecule has 0 unspecified atom stereocenters. The molecule has 0 atom stereocenters. The van der Waals surface area contributed by atoms with Crippen LogP contribution in [-0.4, -0.2) is 14.1 Å². The Morgan fingerprint density at radius 2 is 2.07 bits per heavy atom. The van der Waals surface area contributed by atoms with E-state index in [2.05, 4.69) is 4.98 Å². The minimum atomic E-state index is 0.399. The molecule has 14 heavy (non-hydrogen) atoms. The second-order valence-electron chi connectivity index (χ2n) is 3.12. The van der Waals surface area contributed by atoms with Crippen molar-refractivity contribution in [2.24, 2.45) is 14.1 Å². The molecule has 2 rings (SSSR count). The number of fused-ring (bicyclic) bond motifs is 1. The molecule has 5 heteroatoms. The Labute approximate surface area is 86.0 Å². The van der Waals surface area contributed by atoms with Crippen LogP contribution in [0.15, 0.2) is 18.3 Å². The van der Waals surface area contributed by atoms with Crippen LogP contribution in [0, 0.1) is 10.2 Å². The molecule has 0 radical (unpaired) electrons. The third-order valence-corrected chi connectivity index (χ3v) is 2.82. The molecule has 4 nitrogen and oxygen atoms in total. The molecule has 0 fully saturated rings. The number of nitrogens with one attached hydrogen (secondary N) is 1. The maximum Gasteiger partial charge on any atom is 0.182 e. The summed E-state index contributed by atoms with van der Waals surface area (Å²) in [5.41, 5.74) is 1.15. The summed E-state index contributed by atoms with van der Waals surface area (Å²) in [6, 6.07) is 3.70. The molecular weight excluding hydrogens is 196 g/mol. The molecule has 1 N–H and O–H groups in total. The van der Waals surface area contributed by atoms with Gasteiger partial charge in [0.05, 0.1) is 5.39 Å². The van der Waals surface area contributed by atoms with E-state index >= 15 is 0 Å². The van der Waals surface area contributed by atoms with Crippen molar-refractivity contribution in [3.05, 3.63) is 28.6 Å². The van der Waals surface area contributed by atoms with E-state index in [9.17, 15) is 0 Å². The standard InChI is InChI=1S/C9H10N4S/c1-12-7(10)6-4-3-5-11-8(6)13(2)9(12)14/h3-5,10H,1-2H3. The largest absolute Gasteiger partial charge is 0.306 e. The van der Waals surface area contributed by atoms with Gasteiger partial charge in [-0.05, 0) is 24.4 Å². The Kier molecular flexibility index (Phi) is 1.96. The van der Waals surface area contributed by atoms with Gasteiger partial charge in [-0.25, -0.2) is 4.98 Å². The maximum atomic E-state index is 7.87. The van der Waals surface area contributed by atoms with E-state index in [0.29, 0.717) is 10.3 Å². The topological polar surface area (TPSA) is 46.6 Å². The zero-order valence-corrected chi connectivity index (χ0v) is 8.80. The van der Waals surface area contributed by atoms with Crippen molar-refractivity contribution in [1.29, 1.82) is 5.41 Å². The highest BCUT2D eigenvalue weighted by atomic mass is 32.1. The molecule has 2 aromatic heterocycles. The van der Waals surface area contributed by atoms with Gasteiger partial charge in [-0.1, -0.05) is 0 Å². The monoisotopic (exact) mass is 206 g/mol. The first-order valence-electron chi connectivity index (χ1n) is 4.18. The Balaban J connectivity index is 3.19. The van der Waals surface area contributed by atoms with Crippen LogP contribution < -0.4 is 5.49 Å². The lowest BCUT2D eigenvalue weighted by atomic mass is 10.3. The summed E-state index contributed by atoms with van der Waals surface area (Å²) in [7, 11) is 3.65. The number of aromatic nitrogens is 3. The van der Waals surface area contributed by atoms with Crippen LogP contribution in [0.3, 0.4) is 0 Å². The number of nitrogens with zero attached hydrogens (tertiary/aromatic N) is 3. The highest BCUT2D eigenvalue weighted by molar-refractivity contribution is 7.71. The second kappa shape index (κ2) is 3.02. The van der Waals surface area contributed by atoms with Crippen LogP contribution in [0.1, 0.15) is 0 Å². The maximum absolute atomic E-state index is 7.87. The Morgan fingerprint density at radius 1 is 1.36 bits per heavy atom. The predicted molar refractivity (Wildman–Crippen MR) is 56.4 cm³/mol. The smallest absolute Gasteiger partial charge is 0.182 e. The fourth-order valence-electron chi connectivity index (χ4n) is 1.44. The number of pyridine rings is 1. The average Bonchev–Trinajstić information content (AvgIpc) is 2.23. The van der Waals surface area contributed by atoms with Gasteiger partial charge >= 0.3 is 0 Å². The van der Waals surface area contributed by atoms with Gasteiger partial charge in [0.25, 0.3) is 0 Å². The molecule has 0 aromatic carbocycles. The molecule has 0 aliphatic carbocycles. The first-order valence-corrected chi connectivity index (χ1v) is 4.59. The first-order chi connectivity index (χ1) is 6.63. The lowest BCUT2D eigenvalue weighted by Crippen LogP contribution is -2.22. The quantitative estimate of drug-likeness (QED) is 0.657. The van der Waals surface area contributed by atoms with Gasteiger partial charge in [0.15, 0.2) is 4.77 Å². The highest BCUT2D eigenvalue weighted by Gasteiger charge is 2.02. The third kappa shape index (κ3) is 1.09. The number of hydrogen-bond donors (Lipinski definition) is 1. The number of rotatable bonds is 0. The normalized spacial score (nSPS) is 10.7. The highest BCUT2D eigenvalue weighted by Crippen LogP contribution is 2.04. The molecule has 2 aromatic rings. The SMILES string of the molecule is Cn1c(=N)c2cccnc2n(C)c1=S. The molecule has 0 saturated carbocycles. The zero-order valence-electron chi connectivity index (χ0n) is 7.98. The molecular formula is C9H10N4S. The van der Waals surface area contributed by atoms with Gasteiger partial charge in [0.1, 0.15) is 11.1 Å². The molecule has 0 amide bonds. The van der Waals surface area contributed by atoms with Crippen molar-refractivity contribution in [3.63, 3.8) is 0 Å². The van der Waals surface area contributed by atoms with Gasteiger partial charge in [0.2, 0.25) is 0 Å². The lowest BCUT2D eigenvalue weighted by molar-refractivity contribution is 0.720. The number of hydrogen-bond acceptors (Lipinski definition) is 3.